The van der Waals surface area contributed by atoms with E-state index in [1.54, 1.807) is 20.8 Å². The van der Waals surface area contributed by atoms with Crippen molar-refractivity contribution in [1.29, 1.82) is 0 Å². The number of carbonyl (C=O) groups excluding carboxylic acids is 1. The van der Waals surface area contributed by atoms with E-state index in [1.165, 1.54) is 0 Å². The second kappa shape index (κ2) is 5.41. The third kappa shape index (κ3) is 2.49. The highest BCUT2D eigenvalue weighted by molar-refractivity contribution is 6.70. The van der Waals surface area contributed by atoms with Gasteiger partial charge in [0.05, 0.1) is 6.61 Å². The van der Waals surface area contributed by atoms with Crippen LogP contribution in [0, 0.1) is 5.21 Å². The summed E-state index contributed by atoms with van der Waals surface area (Å²) in [5.41, 5.74) is 5.15. The number of ether oxygens (including phenoxy) is 2. The Hall–Kier alpha value is -2.00. The van der Waals surface area contributed by atoms with Crippen molar-refractivity contribution in [3.8, 4) is 0 Å². The molecule has 0 aromatic carbocycles. The zero-order valence-electron chi connectivity index (χ0n) is 12.1. The summed E-state index contributed by atoms with van der Waals surface area (Å²) in [7, 11) is 0. The van der Waals surface area contributed by atoms with Crippen molar-refractivity contribution in [2.45, 2.75) is 38.6 Å². The topological polar surface area (TPSA) is 133 Å². The van der Waals surface area contributed by atoms with Gasteiger partial charge in [0.1, 0.15) is 17.9 Å². The first-order valence-corrected chi connectivity index (χ1v) is 6.53. The highest BCUT2D eigenvalue weighted by atomic mass is 16.5. The lowest BCUT2D eigenvalue weighted by molar-refractivity contribution is -0.503. The first kappa shape index (κ1) is 15.4. The van der Waals surface area contributed by atoms with Gasteiger partial charge in [0, 0.05) is 0 Å². The number of nitrogens with zero attached hydrogens (tertiary/aromatic N) is 3. The Balaban J connectivity index is 2.48. The van der Waals surface area contributed by atoms with Gasteiger partial charge in [-0.15, -0.1) is 0 Å². The largest absolute Gasteiger partial charge is 0.622 e. The van der Waals surface area contributed by atoms with Crippen molar-refractivity contribution < 1.29 is 24.2 Å². The summed E-state index contributed by atoms with van der Waals surface area (Å²) < 4.78 is 10.8. The van der Waals surface area contributed by atoms with Gasteiger partial charge in [-0.05, 0) is 20.8 Å². The molecular weight excluding hydrogens is 280 g/mol. The molecule has 0 radical (unpaired) electrons. The van der Waals surface area contributed by atoms with Gasteiger partial charge in [-0.3, -0.25) is 10.7 Å². The van der Waals surface area contributed by atoms with E-state index in [9.17, 15) is 15.2 Å². The third-order valence-electron chi connectivity index (χ3n) is 3.39. The van der Waals surface area contributed by atoms with Crippen LogP contribution >= 0.6 is 0 Å². The van der Waals surface area contributed by atoms with Crippen LogP contribution in [0.4, 0.5) is 0 Å². The van der Waals surface area contributed by atoms with Gasteiger partial charge in [-0.1, -0.05) is 5.16 Å². The van der Waals surface area contributed by atoms with Gasteiger partial charge in [-0.2, -0.15) is 4.74 Å². The minimum absolute atomic E-state index is 0.0302. The van der Waals surface area contributed by atoms with Crippen LogP contribution in [0.25, 0.3) is 0 Å². The van der Waals surface area contributed by atoms with Crippen LogP contribution in [-0.4, -0.2) is 64.1 Å². The van der Waals surface area contributed by atoms with Gasteiger partial charge in [0.15, 0.2) is 5.71 Å². The minimum atomic E-state index is -1.20. The van der Waals surface area contributed by atoms with Crippen LogP contribution in [0.5, 0.6) is 0 Å². The fourth-order valence-electron chi connectivity index (χ4n) is 2.22. The maximum Gasteiger partial charge on any atom is 0.339 e. The van der Waals surface area contributed by atoms with E-state index in [0.717, 1.165) is 0 Å². The molecule has 3 N–H and O–H groups in total. The van der Waals surface area contributed by atoms with E-state index < -0.39 is 23.8 Å². The number of hydroxylamine groups is 1. The first-order valence-electron chi connectivity index (χ1n) is 6.53. The van der Waals surface area contributed by atoms with E-state index in [4.69, 9.17) is 15.2 Å². The molecule has 0 unspecified atom stereocenters. The molecule has 0 bridgehead atoms. The quantitative estimate of drug-likeness (QED) is 0.226. The maximum absolute atomic E-state index is 12.2. The molecule has 0 spiro atoms. The van der Waals surface area contributed by atoms with E-state index >= 15 is 0 Å². The average Bonchev–Trinajstić information content (AvgIpc) is 2.42. The summed E-state index contributed by atoms with van der Waals surface area (Å²) in [5.74, 6) is -0.695. The monoisotopic (exact) mass is 298 g/mol. The molecule has 2 rings (SSSR count). The summed E-state index contributed by atoms with van der Waals surface area (Å²) in [4.78, 5) is 16.0. The Morgan fingerprint density at radius 1 is 1.71 bits per heavy atom. The van der Waals surface area contributed by atoms with Crippen molar-refractivity contribution in [2.75, 3.05) is 13.2 Å². The van der Waals surface area contributed by atoms with Crippen LogP contribution in [0.15, 0.2) is 10.1 Å². The van der Waals surface area contributed by atoms with E-state index in [0.29, 0.717) is 4.74 Å². The Morgan fingerprint density at radius 2 is 2.38 bits per heavy atom. The molecule has 2 aliphatic rings. The van der Waals surface area contributed by atoms with Crippen molar-refractivity contribution >= 4 is 23.1 Å². The standard InChI is InChI=1S/C12H18N4O5/c1-4-20-11(17)8-10(13)16(19)6-5-21-12(2,3)9(15-18)7(6)14-8/h8,10,18H,4-5,13H2,1-3H3/b15-9-/t8-,10+/m0/s1. The predicted octanol–water partition coefficient (Wildman–Crippen LogP) is -0.752. The molecule has 0 amide bonds. The average molecular weight is 298 g/mol. The van der Waals surface area contributed by atoms with Crippen LogP contribution in [-0.2, 0) is 14.3 Å². The number of hydrogen-bond acceptors (Lipinski definition) is 8. The van der Waals surface area contributed by atoms with E-state index in [1.807, 2.05) is 0 Å². The summed E-state index contributed by atoms with van der Waals surface area (Å²) in [6.45, 7) is 5.11. The van der Waals surface area contributed by atoms with E-state index in [-0.39, 0.29) is 30.3 Å². The second-order valence-electron chi connectivity index (χ2n) is 5.19. The molecule has 1 saturated heterocycles. The van der Waals surface area contributed by atoms with Gasteiger partial charge >= 0.3 is 5.97 Å². The van der Waals surface area contributed by atoms with Crippen LogP contribution in [0.3, 0.4) is 0 Å². The molecule has 0 aromatic rings. The maximum atomic E-state index is 12.2. The Labute approximate surface area is 121 Å². The molecule has 2 heterocycles. The number of aliphatic imine (C=N–C) groups is 1. The molecule has 1 fully saturated rings. The fourth-order valence-corrected chi connectivity index (χ4v) is 2.22. The number of hydrogen-bond donors (Lipinski definition) is 2. The Bertz CT molecular complexity index is 552. The van der Waals surface area contributed by atoms with Crippen molar-refractivity contribution in [3.63, 3.8) is 0 Å². The molecule has 2 aliphatic heterocycles. The van der Waals surface area contributed by atoms with Crippen LogP contribution in [0.2, 0.25) is 0 Å². The highest BCUT2D eigenvalue weighted by Crippen LogP contribution is 2.22. The Kier molecular flexibility index (Phi) is 3.97. The van der Waals surface area contributed by atoms with Gasteiger partial charge < -0.3 is 19.9 Å². The third-order valence-corrected chi connectivity index (χ3v) is 3.39. The van der Waals surface area contributed by atoms with Crippen molar-refractivity contribution in [3.05, 3.63) is 5.21 Å². The van der Waals surface area contributed by atoms with Gasteiger partial charge in [0.25, 0.3) is 0 Å². The lowest BCUT2D eigenvalue weighted by atomic mass is 9.91. The highest BCUT2D eigenvalue weighted by Gasteiger charge is 2.48. The number of nitrogens with two attached hydrogens (primary N) is 1. The van der Waals surface area contributed by atoms with Gasteiger partial charge in [-0.25, -0.2) is 4.79 Å². The number of oxime groups is 1. The van der Waals surface area contributed by atoms with Crippen LogP contribution in [0.1, 0.15) is 20.8 Å². The normalized spacial score (nSPS) is 29.9. The molecular formula is C12H18N4O5. The lowest BCUT2D eigenvalue weighted by Crippen LogP contribution is -2.60. The zero-order chi connectivity index (χ0) is 15.8. The van der Waals surface area contributed by atoms with E-state index in [2.05, 4.69) is 10.1 Å². The summed E-state index contributed by atoms with van der Waals surface area (Å²) in [6.07, 6.45) is -1.20. The Morgan fingerprint density at radius 3 is 2.95 bits per heavy atom. The molecule has 116 valence electrons. The number of carbonyl (C=O) groups is 1. The number of rotatable bonds is 2. The van der Waals surface area contributed by atoms with Gasteiger partial charge in [0.2, 0.25) is 17.9 Å². The second-order valence-corrected chi connectivity index (χ2v) is 5.19. The predicted molar refractivity (Wildman–Crippen MR) is 73.7 cm³/mol. The molecule has 21 heavy (non-hydrogen) atoms. The molecule has 9 nitrogen and oxygen atoms in total. The minimum Gasteiger partial charge on any atom is -0.622 e. The number of esters is 1. The first-order chi connectivity index (χ1) is 9.83. The molecule has 0 aromatic heterocycles. The fraction of sp³-hybridized carbons (Fsp3) is 0.667. The van der Waals surface area contributed by atoms with Crippen LogP contribution < -0.4 is 5.73 Å². The SMILES string of the molecule is CCOC(=O)[C@H]1N=C2C(=[N+]([O-])[C@H]1N)COC(C)(C)/C2=N\O. The summed E-state index contributed by atoms with van der Waals surface area (Å²) in [5, 5.41) is 24.6. The molecule has 0 aliphatic carbocycles. The smallest absolute Gasteiger partial charge is 0.339 e. The number of fused-ring (bicyclic) bond motifs is 1. The van der Waals surface area contributed by atoms with Crippen molar-refractivity contribution in [2.24, 2.45) is 15.9 Å². The lowest BCUT2D eigenvalue weighted by Gasteiger charge is -2.35. The van der Waals surface area contributed by atoms with Crippen molar-refractivity contribution in [1.82, 2.24) is 0 Å². The molecule has 2 atom stereocenters. The molecule has 9 heteroatoms. The zero-order valence-corrected chi connectivity index (χ0v) is 12.1. The summed E-state index contributed by atoms with van der Waals surface area (Å²) >= 11 is 0. The summed E-state index contributed by atoms with van der Waals surface area (Å²) in [6, 6.07) is -1.17. The molecule has 0 saturated carbocycles.